The maximum absolute atomic E-state index is 9.95. The number of hydrogen-bond acceptors (Lipinski definition) is 2. The maximum Gasteiger partial charge on any atom is 0.134 e. The molecule has 3 heteroatoms. The number of halogens is 1. The van der Waals surface area contributed by atoms with Crippen molar-refractivity contribution < 1.29 is 5.11 Å². The van der Waals surface area contributed by atoms with Gasteiger partial charge < -0.3 is 10.4 Å². The summed E-state index contributed by atoms with van der Waals surface area (Å²) in [5, 5.41) is 13.4. The summed E-state index contributed by atoms with van der Waals surface area (Å²) in [6.07, 6.45) is 0. The smallest absolute Gasteiger partial charge is 0.134 e. The van der Waals surface area contributed by atoms with Gasteiger partial charge in [-0.05, 0) is 47.0 Å². The molecule has 0 bridgehead atoms. The molecule has 0 aliphatic heterocycles. The fourth-order valence-corrected chi connectivity index (χ4v) is 2.56. The third-order valence-corrected chi connectivity index (χ3v) is 3.96. The van der Waals surface area contributed by atoms with Gasteiger partial charge in [0.05, 0.1) is 4.47 Å². The van der Waals surface area contributed by atoms with E-state index in [2.05, 4.69) is 53.3 Å². The SMILES string of the molecule is Cc1ccccc1C(C)NCc1cccc(Br)c1O. The Labute approximate surface area is 122 Å². The van der Waals surface area contributed by atoms with E-state index in [1.165, 1.54) is 11.1 Å². The number of phenolic OH excluding ortho intramolecular Hbond substituents is 1. The van der Waals surface area contributed by atoms with E-state index in [0.717, 1.165) is 10.0 Å². The van der Waals surface area contributed by atoms with Crippen molar-refractivity contribution in [1.29, 1.82) is 0 Å². The Morgan fingerprint density at radius 1 is 1.16 bits per heavy atom. The van der Waals surface area contributed by atoms with Crippen molar-refractivity contribution in [3.8, 4) is 5.75 Å². The molecule has 0 amide bonds. The van der Waals surface area contributed by atoms with Gasteiger partial charge in [0.15, 0.2) is 0 Å². The van der Waals surface area contributed by atoms with E-state index in [0.29, 0.717) is 12.3 Å². The Morgan fingerprint density at radius 3 is 2.63 bits per heavy atom. The maximum atomic E-state index is 9.95. The highest BCUT2D eigenvalue weighted by Crippen LogP contribution is 2.28. The Morgan fingerprint density at radius 2 is 1.89 bits per heavy atom. The fourth-order valence-electron chi connectivity index (χ4n) is 2.15. The zero-order valence-electron chi connectivity index (χ0n) is 11.2. The standard InChI is InChI=1S/C16H18BrNO/c1-11-6-3-4-8-14(11)12(2)18-10-13-7-5-9-15(17)16(13)19/h3-9,12,18-19H,10H2,1-2H3. The largest absolute Gasteiger partial charge is 0.506 e. The average Bonchev–Trinajstić information content (AvgIpc) is 2.40. The Balaban J connectivity index is 2.07. The summed E-state index contributed by atoms with van der Waals surface area (Å²) in [6.45, 7) is 4.89. The second kappa shape index (κ2) is 6.22. The molecule has 0 aliphatic rings. The number of phenols is 1. The summed E-state index contributed by atoms with van der Waals surface area (Å²) in [5.41, 5.74) is 3.47. The number of aromatic hydroxyl groups is 1. The lowest BCUT2D eigenvalue weighted by Gasteiger charge is -2.17. The summed E-state index contributed by atoms with van der Waals surface area (Å²) >= 11 is 3.33. The van der Waals surface area contributed by atoms with Crippen LogP contribution in [-0.4, -0.2) is 5.11 Å². The van der Waals surface area contributed by atoms with Gasteiger partial charge >= 0.3 is 0 Å². The van der Waals surface area contributed by atoms with Crippen LogP contribution < -0.4 is 5.32 Å². The van der Waals surface area contributed by atoms with Crippen molar-refractivity contribution in [1.82, 2.24) is 5.32 Å². The number of para-hydroxylation sites is 1. The van der Waals surface area contributed by atoms with Crippen LogP contribution in [0.25, 0.3) is 0 Å². The minimum atomic E-state index is 0.250. The van der Waals surface area contributed by atoms with Crippen molar-refractivity contribution in [3.05, 3.63) is 63.6 Å². The summed E-state index contributed by atoms with van der Waals surface area (Å²) in [6, 6.07) is 14.3. The first-order chi connectivity index (χ1) is 9.09. The molecule has 0 saturated carbocycles. The fraction of sp³-hybridized carbons (Fsp3) is 0.250. The van der Waals surface area contributed by atoms with Crippen LogP contribution in [0.1, 0.15) is 29.7 Å². The van der Waals surface area contributed by atoms with Gasteiger partial charge in [0.1, 0.15) is 5.75 Å². The minimum Gasteiger partial charge on any atom is -0.506 e. The molecule has 2 rings (SSSR count). The summed E-state index contributed by atoms with van der Waals surface area (Å²) < 4.78 is 0.732. The van der Waals surface area contributed by atoms with Gasteiger partial charge in [0.25, 0.3) is 0 Å². The minimum absolute atomic E-state index is 0.250. The lowest BCUT2D eigenvalue weighted by Crippen LogP contribution is -2.18. The molecule has 0 heterocycles. The Hall–Kier alpha value is -1.32. The molecule has 2 aromatic carbocycles. The van der Waals surface area contributed by atoms with Gasteiger partial charge in [-0.15, -0.1) is 0 Å². The molecule has 19 heavy (non-hydrogen) atoms. The first kappa shape index (κ1) is 14.1. The molecular formula is C16H18BrNO. The van der Waals surface area contributed by atoms with Crippen molar-refractivity contribution in [2.45, 2.75) is 26.4 Å². The molecule has 100 valence electrons. The van der Waals surface area contributed by atoms with Crippen molar-refractivity contribution in [2.24, 2.45) is 0 Å². The van der Waals surface area contributed by atoms with E-state index >= 15 is 0 Å². The van der Waals surface area contributed by atoms with E-state index < -0.39 is 0 Å². The highest BCUT2D eigenvalue weighted by molar-refractivity contribution is 9.10. The molecule has 1 atom stereocenters. The van der Waals surface area contributed by atoms with Gasteiger partial charge in [-0.3, -0.25) is 0 Å². The van der Waals surface area contributed by atoms with Crippen molar-refractivity contribution >= 4 is 15.9 Å². The van der Waals surface area contributed by atoms with Crippen LogP contribution in [0.3, 0.4) is 0 Å². The Kier molecular flexibility index (Phi) is 4.61. The molecule has 2 nitrogen and oxygen atoms in total. The molecule has 0 saturated heterocycles. The molecule has 2 aromatic rings. The predicted molar refractivity (Wildman–Crippen MR) is 82.2 cm³/mol. The van der Waals surface area contributed by atoms with Gasteiger partial charge in [-0.2, -0.15) is 0 Å². The molecule has 0 aliphatic carbocycles. The van der Waals surface area contributed by atoms with Gasteiger partial charge in [-0.1, -0.05) is 36.4 Å². The van der Waals surface area contributed by atoms with Crippen LogP contribution in [0.2, 0.25) is 0 Å². The summed E-state index contributed by atoms with van der Waals surface area (Å²) in [5.74, 6) is 0.312. The third kappa shape index (κ3) is 3.37. The van der Waals surface area contributed by atoms with E-state index in [1.807, 2.05) is 24.3 Å². The second-order valence-corrected chi connectivity index (χ2v) is 5.56. The molecule has 0 aromatic heterocycles. The molecule has 0 spiro atoms. The van der Waals surface area contributed by atoms with E-state index in [-0.39, 0.29) is 6.04 Å². The van der Waals surface area contributed by atoms with Gasteiger partial charge in [0.2, 0.25) is 0 Å². The summed E-state index contributed by atoms with van der Waals surface area (Å²) in [7, 11) is 0. The van der Waals surface area contributed by atoms with Crippen LogP contribution in [0.4, 0.5) is 0 Å². The second-order valence-electron chi connectivity index (χ2n) is 4.71. The van der Waals surface area contributed by atoms with Gasteiger partial charge in [0, 0.05) is 18.2 Å². The number of benzene rings is 2. The van der Waals surface area contributed by atoms with Crippen molar-refractivity contribution in [3.63, 3.8) is 0 Å². The predicted octanol–water partition coefficient (Wildman–Crippen LogP) is 4.31. The molecule has 2 N–H and O–H groups in total. The Bertz CT molecular complexity index is 568. The van der Waals surface area contributed by atoms with Crippen LogP contribution in [0.5, 0.6) is 5.75 Å². The van der Waals surface area contributed by atoms with Crippen LogP contribution in [0.15, 0.2) is 46.9 Å². The number of aryl methyl sites for hydroxylation is 1. The van der Waals surface area contributed by atoms with Crippen LogP contribution in [-0.2, 0) is 6.54 Å². The molecule has 0 radical (unpaired) electrons. The zero-order chi connectivity index (χ0) is 13.8. The van der Waals surface area contributed by atoms with Crippen LogP contribution in [0, 0.1) is 6.92 Å². The van der Waals surface area contributed by atoms with E-state index in [1.54, 1.807) is 0 Å². The summed E-state index contributed by atoms with van der Waals surface area (Å²) in [4.78, 5) is 0. The quantitative estimate of drug-likeness (QED) is 0.879. The third-order valence-electron chi connectivity index (χ3n) is 3.32. The van der Waals surface area contributed by atoms with Gasteiger partial charge in [-0.25, -0.2) is 0 Å². The van der Waals surface area contributed by atoms with E-state index in [9.17, 15) is 5.11 Å². The average molecular weight is 320 g/mol. The normalized spacial score (nSPS) is 12.4. The molecule has 0 fully saturated rings. The number of hydrogen-bond donors (Lipinski definition) is 2. The first-order valence-electron chi connectivity index (χ1n) is 6.35. The number of nitrogens with one attached hydrogen (secondary N) is 1. The highest BCUT2D eigenvalue weighted by atomic mass is 79.9. The zero-order valence-corrected chi connectivity index (χ0v) is 12.7. The lowest BCUT2D eigenvalue weighted by atomic mass is 10.0. The van der Waals surface area contributed by atoms with Crippen LogP contribution >= 0.6 is 15.9 Å². The van der Waals surface area contributed by atoms with Crippen molar-refractivity contribution in [2.75, 3.05) is 0 Å². The monoisotopic (exact) mass is 319 g/mol. The lowest BCUT2D eigenvalue weighted by molar-refractivity contribution is 0.457. The topological polar surface area (TPSA) is 32.3 Å². The molecular weight excluding hydrogens is 302 g/mol. The van der Waals surface area contributed by atoms with E-state index in [4.69, 9.17) is 0 Å². The first-order valence-corrected chi connectivity index (χ1v) is 7.14. The number of rotatable bonds is 4. The highest BCUT2D eigenvalue weighted by Gasteiger charge is 2.09. The molecule has 1 unspecified atom stereocenters.